The lowest BCUT2D eigenvalue weighted by Gasteiger charge is -1.85. The molecule has 6 heteroatoms. The van der Waals surface area contributed by atoms with E-state index in [4.69, 9.17) is 4.21 Å². The molecule has 112 valence electrons. The molecule has 0 aliphatic heterocycles. The van der Waals surface area contributed by atoms with Gasteiger partial charge in [0.15, 0.2) is 12.5 Å². The predicted octanol–water partition coefficient (Wildman–Crippen LogP) is 6.99. The van der Waals surface area contributed by atoms with Gasteiger partial charge in [-0.3, -0.25) is 0 Å². The fourth-order valence-corrected chi connectivity index (χ4v) is 5.04. The number of thiophene rings is 2. The number of hydrogen-bond acceptors (Lipinski definition) is 4. The summed E-state index contributed by atoms with van der Waals surface area (Å²) in [6.45, 7) is 0. The largest absolute Gasteiger partial charge is 0.197 e. The molecule has 0 spiro atoms. The first-order chi connectivity index (χ1) is 10.8. The summed E-state index contributed by atoms with van der Waals surface area (Å²) in [5.41, 5.74) is 0. The fourth-order valence-electron chi connectivity index (χ4n) is 1.89. The Morgan fingerprint density at radius 1 is 0.682 bits per heavy atom. The van der Waals surface area contributed by atoms with Crippen molar-refractivity contribution < 1.29 is 4.21 Å². The van der Waals surface area contributed by atoms with Crippen molar-refractivity contribution in [2.24, 2.45) is 0 Å². The maximum Gasteiger partial charge on any atom is 0.197 e. The molecular formula is C16H10Br2OS3. The van der Waals surface area contributed by atoms with Gasteiger partial charge in [0.25, 0.3) is 0 Å². The van der Waals surface area contributed by atoms with Crippen molar-refractivity contribution in [3.63, 3.8) is 0 Å². The van der Waals surface area contributed by atoms with Gasteiger partial charge in [-0.05, 0) is 44.0 Å². The van der Waals surface area contributed by atoms with Crippen LogP contribution in [0.2, 0.25) is 0 Å². The number of hydrogen-bond donors (Lipinski definition) is 0. The number of halogens is 2. The van der Waals surface area contributed by atoms with E-state index in [0.29, 0.717) is 0 Å². The van der Waals surface area contributed by atoms with Gasteiger partial charge >= 0.3 is 0 Å². The summed E-state index contributed by atoms with van der Waals surface area (Å²) < 4.78 is 12.9. The van der Waals surface area contributed by atoms with Crippen LogP contribution >= 0.6 is 54.5 Å². The van der Waals surface area contributed by atoms with Gasteiger partial charge in [0.1, 0.15) is 0 Å². The zero-order chi connectivity index (χ0) is 15.9. The number of benzene rings is 2. The Morgan fingerprint density at radius 3 is 1.41 bits per heavy atom. The van der Waals surface area contributed by atoms with Crippen molar-refractivity contribution in [3.8, 4) is 0 Å². The minimum atomic E-state index is 1.20. The highest BCUT2D eigenvalue weighted by atomic mass is 79.9. The zero-order valence-corrected chi connectivity index (χ0v) is 16.8. The maximum atomic E-state index is 7.83. The Hall–Kier alpha value is -0.660. The maximum absolute atomic E-state index is 7.83. The molecule has 4 rings (SSSR count). The smallest absolute Gasteiger partial charge is 0.197 e. The van der Waals surface area contributed by atoms with E-state index in [-0.39, 0.29) is 0 Å². The topological polar surface area (TPSA) is 17.1 Å². The highest BCUT2D eigenvalue weighted by molar-refractivity contribution is 9.11. The third kappa shape index (κ3) is 4.20. The third-order valence-electron chi connectivity index (χ3n) is 2.87. The lowest BCUT2D eigenvalue weighted by Crippen LogP contribution is -1.59. The van der Waals surface area contributed by atoms with Crippen LogP contribution < -0.4 is 0 Å². The normalized spacial score (nSPS) is 9.73. The van der Waals surface area contributed by atoms with Crippen molar-refractivity contribution in [1.82, 2.24) is 0 Å². The molecule has 0 saturated heterocycles. The lowest BCUT2D eigenvalue weighted by atomic mass is 10.3. The summed E-state index contributed by atoms with van der Waals surface area (Å²) in [5.74, 6) is 0. The van der Waals surface area contributed by atoms with Gasteiger partial charge < -0.3 is 0 Å². The van der Waals surface area contributed by atoms with Gasteiger partial charge in [-0.15, -0.1) is 22.7 Å². The van der Waals surface area contributed by atoms with E-state index in [1.54, 1.807) is 22.7 Å². The Morgan fingerprint density at radius 2 is 1.05 bits per heavy atom. The van der Waals surface area contributed by atoms with E-state index in [9.17, 15) is 0 Å². The molecule has 1 nitrogen and oxygen atoms in total. The molecule has 0 radical (unpaired) electrons. The summed E-state index contributed by atoms with van der Waals surface area (Å²) in [6, 6.07) is 16.7. The van der Waals surface area contributed by atoms with Gasteiger partial charge in [0.2, 0.25) is 0 Å². The van der Waals surface area contributed by atoms with Crippen LogP contribution in [0.4, 0.5) is 0 Å². The van der Waals surface area contributed by atoms with Crippen LogP contribution in [0.5, 0.6) is 0 Å². The van der Waals surface area contributed by atoms with Gasteiger partial charge in [-0.2, -0.15) is 4.21 Å². The zero-order valence-electron chi connectivity index (χ0n) is 11.2. The molecular weight excluding hydrogens is 464 g/mol. The number of rotatable bonds is 0. The first kappa shape index (κ1) is 17.7. The van der Waals surface area contributed by atoms with Crippen molar-refractivity contribution in [2.75, 3.05) is 0 Å². The summed E-state index contributed by atoms with van der Waals surface area (Å²) >= 11 is 13.3. The van der Waals surface area contributed by atoms with E-state index in [0.717, 1.165) is 0 Å². The van der Waals surface area contributed by atoms with Crippen molar-refractivity contribution in [2.45, 2.75) is 0 Å². The Bertz CT molecular complexity index is 798. The van der Waals surface area contributed by atoms with Gasteiger partial charge in [-0.25, -0.2) is 0 Å². The van der Waals surface area contributed by atoms with Crippen LogP contribution in [0.25, 0.3) is 20.2 Å². The molecule has 0 aliphatic carbocycles. The molecule has 0 unspecified atom stereocenters. The first-order valence-electron chi connectivity index (χ1n) is 6.16. The highest BCUT2D eigenvalue weighted by Crippen LogP contribution is 2.30. The molecule has 0 amide bonds. The molecule has 22 heavy (non-hydrogen) atoms. The Balaban J connectivity index is 0.000000144. The molecule has 2 heterocycles. The highest BCUT2D eigenvalue weighted by Gasteiger charge is 1.97. The van der Waals surface area contributed by atoms with E-state index >= 15 is 0 Å². The summed E-state index contributed by atoms with van der Waals surface area (Å²) in [4.78, 5) is 0. The van der Waals surface area contributed by atoms with Crippen LogP contribution in [0, 0.1) is 0 Å². The summed E-state index contributed by atoms with van der Waals surface area (Å²) in [6.07, 6.45) is 0. The molecule has 0 aliphatic rings. The average Bonchev–Trinajstić information content (AvgIpc) is 3.15. The predicted molar refractivity (Wildman–Crippen MR) is 107 cm³/mol. The molecule has 0 saturated carbocycles. The standard InChI is InChI=1S/2C8H5BrS.OS/c2*9-7-5-10-8-4-2-1-3-6(7)8;1-2/h2*1-5H;. The van der Waals surface area contributed by atoms with Crippen LogP contribution in [0.3, 0.4) is 0 Å². The fraction of sp³-hybridized carbons (Fsp3) is 0. The minimum Gasteiger partial charge on any atom is -0.197 e. The molecule has 0 bridgehead atoms. The number of fused-ring (bicyclic) bond motifs is 2. The molecule has 4 aromatic rings. The van der Waals surface area contributed by atoms with Gasteiger partial charge in [0, 0.05) is 39.9 Å². The van der Waals surface area contributed by atoms with Crippen molar-refractivity contribution in [3.05, 3.63) is 68.2 Å². The molecule has 0 fully saturated rings. The lowest BCUT2D eigenvalue weighted by molar-refractivity contribution is 0.702. The van der Waals surface area contributed by atoms with Crippen LogP contribution in [0.1, 0.15) is 0 Å². The monoisotopic (exact) mass is 472 g/mol. The average molecular weight is 474 g/mol. The molecule has 0 atom stereocenters. The van der Waals surface area contributed by atoms with Crippen molar-refractivity contribution in [1.29, 1.82) is 0 Å². The Labute approximate surface area is 158 Å². The second-order valence-corrected chi connectivity index (χ2v) is 7.69. The summed E-state index contributed by atoms with van der Waals surface area (Å²) in [5, 5.41) is 6.86. The third-order valence-corrected chi connectivity index (χ3v) is 6.71. The molecule has 2 aromatic carbocycles. The van der Waals surface area contributed by atoms with E-state index < -0.39 is 0 Å². The second kappa shape index (κ2) is 8.84. The van der Waals surface area contributed by atoms with E-state index in [1.165, 1.54) is 29.1 Å². The quantitative estimate of drug-likeness (QED) is 0.273. The van der Waals surface area contributed by atoms with Crippen molar-refractivity contribution >= 4 is 87.2 Å². The minimum absolute atomic E-state index is 1.20. The van der Waals surface area contributed by atoms with Crippen LogP contribution in [0.15, 0.2) is 68.2 Å². The van der Waals surface area contributed by atoms with Crippen LogP contribution in [-0.4, -0.2) is 4.21 Å². The molecule has 2 aromatic heterocycles. The molecule has 0 N–H and O–H groups in total. The summed E-state index contributed by atoms with van der Waals surface area (Å²) in [7, 11) is 0. The van der Waals surface area contributed by atoms with Crippen LogP contribution in [-0.2, 0) is 12.5 Å². The SMILES string of the molecule is Brc1csc2ccccc12.Brc1csc2ccccc12.O=S. The Kier molecular flexibility index (Phi) is 7.11. The van der Waals surface area contributed by atoms with Gasteiger partial charge in [-0.1, -0.05) is 36.4 Å². The first-order valence-corrected chi connectivity index (χ1v) is 9.83. The van der Waals surface area contributed by atoms with E-state index in [1.807, 2.05) is 0 Å². The van der Waals surface area contributed by atoms with E-state index in [2.05, 4.69) is 104 Å². The second-order valence-electron chi connectivity index (χ2n) is 4.16. The van der Waals surface area contributed by atoms with Gasteiger partial charge in [0.05, 0.1) is 0 Å².